The zero-order valence-electron chi connectivity index (χ0n) is 5.30. The smallest absolute Gasteiger partial charge is 0.174 e. The van der Waals surface area contributed by atoms with Crippen LogP contribution in [0.2, 0.25) is 5.02 Å². The first-order valence-corrected chi connectivity index (χ1v) is 3.23. The third kappa shape index (κ3) is 2.01. The van der Waals surface area contributed by atoms with Crippen molar-refractivity contribution in [3.05, 3.63) is 42.0 Å². The molecule has 0 aromatic heterocycles. The summed E-state index contributed by atoms with van der Waals surface area (Å²) in [6.07, 6.45) is 0. The molecule has 0 aliphatic carbocycles. The summed E-state index contributed by atoms with van der Waals surface area (Å²) in [7, 11) is 6.47. The molecule has 1 aromatic carbocycles. The number of hydrogen-bond donors (Lipinski definition) is 0. The summed E-state index contributed by atoms with van der Waals surface area (Å²) in [6, 6.07) is 7.25. The van der Waals surface area contributed by atoms with E-state index < -0.39 is 0 Å². The SMILES string of the molecule is [C]OCc1cccc(Cl)c1. The van der Waals surface area contributed by atoms with Crippen molar-refractivity contribution in [2.45, 2.75) is 6.61 Å². The predicted molar refractivity (Wildman–Crippen MR) is 39.5 cm³/mol. The first-order valence-electron chi connectivity index (χ1n) is 2.86. The Hall–Kier alpha value is -0.530. The highest BCUT2D eigenvalue weighted by Gasteiger charge is 1.90. The van der Waals surface area contributed by atoms with Gasteiger partial charge in [-0.05, 0) is 17.7 Å². The zero-order chi connectivity index (χ0) is 7.40. The van der Waals surface area contributed by atoms with Gasteiger partial charge < -0.3 is 4.74 Å². The lowest BCUT2D eigenvalue weighted by Crippen LogP contribution is -1.83. The van der Waals surface area contributed by atoms with Crippen LogP contribution in [-0.4, -0.2) is 0 Å². The normalized spacial score (nSPS) is 9.80. The van der Waals surface area contributed by atoms with Crippen molar-refractivity contribution in [3.63, 3.8) is 0 Å². The van der Waals surface area contributed by atoms with Crippen LogP contribution in [-0.2, 0) is 11.3 Å². The van der Waals surface area contributed by atoms with Crippen LogP contribution in [0.25, 0.3) is 0 Å². The maximum absolute atomic E-state index is 6.47. The summed E-state index contributed by atoms with van der Waals surface area (Å²) < 4.78 is 4.17. The molecule has 0 aliphatic heterocycles. The minimum Gasteiger partial charge on any atom is -0.360 e. The number of hydrogen-bond acceptors (Lipinski definition) is 1. The molecule has 0 amide bonds. The Morgan fingerprint density at radius 2 is 2.30 bits per heavy atom. The molecule has 0 saturated heterocycles. The van der Waals surface area contributed by atoms with Crippen LogP contribution in [0, 0.1) is 7.11 Å². The van der Waals surface area contributed by atoms with E-state index in [0.717, 1.165) is 5.56 Å². The van der Waals surface area contributed by atoms with Gasteiger partial charge in [0.25, 0.3) is 0 Å². The fraction of sp³-hybridized carbons (Fsp3) is 0.125. The summed E-state index contributed by atoms with van der Waals surface area (Å²) in [5, 5.41) is 0.676. The second kappa shape index (κ2) is 3.59. The van der Waals surface area contributed by atoms with Gasteiger partial charge in [0, 0.05) is 5.02 Å². The van der Waals surface area contributed by atoms with E-state index in [0.29, 0.717) is 11.6 Å². The van der Waals surface area contributed by atoms with E-state index in [1.807, 2.05) is 12.1 Å². The molecule has 0 heterocycles. The van der Waals surface area contributed by atoms with E-state index in [9.17, 15) is 0 Å². The zero-order valence-corrected chi connectivity index (χ0v) is 6.06. The molecule has 51 valence electrons. The second-order valence-corrected chi connectivity index (χ2v) is 2.36. The van der Waals surface area contributed by atoms with Gasteiger partial charge >= 0.3 is 0 Å². The Morgan fingerprint density at radius 1 is 1.50 bits per heavy atom. The quantitative estimate of drug-likeness (QED) is 0.634. The first-order chi connectivity index (χ1) is 4.83. The van der Waals surface area contributed by atoms with E-state index in [2.05, 4.69) is 4.74 Å². The van der Waals surface area contributed by atoms with Crippen LogP contribution in [0.3, 0.4) is 0 Å². The maximum Gasteiger partial charge on any atom is 0.174 e. The molecule has 0 aliphatic rings. The highest BCUT2D eigenvalue weighted by Crippen LogP contribution is 2.10. The molecule has 1 rings (SSSR count). The van der Waals surface area contributed by atoms with Crippen LogP contribution < -0.4 is 0 Å². The van der Waals surface area contributed by atoms with E-state index in [1.54, 1.807) is 12.1 Å². The van der Waals surface area contributed by atoms with Crippen molar-refractivity contribution < 1.29 is 4.74 Å². The fourth-order valence-electron chi connectivity index (χ4n) is 0.710. The van der Waals surface area contributed by atoms with E-state index in [1.165, 1.54) is 0 Å². The van der Waals surface area contributed by atoms with Crippen molar-refractivity contribution in [1.82, 2.24) is 0 Å². The average Bonchev–Trinajstić information content (AvgIpc) is 1.88. The number of rotatable bonds is 2. The predicted octanol–water partition coefficient (Wildman–Crippen LogP) is 2.40. The van der Waals surface area contributed by atoms with Gasteiger partial charge in [-0.25, -0.2) is 0 Å². The molecule has 0 saturated carbocycles. The monoisotopic (exact) mass is 153 g/mol. The largest absolute Gasteiger partial charge is 0.360 e. The molecule has 0 bridgehead atoms. The Labute approximate surface area is 65.6 Å². The summed E-state index contributed by atoms with van der Waals surface area (Å²) in [5.74, 6) is 0. The maximum atomic E-state index is 6.47. The molecular weight excluding hydrogens is 148 g/mol. The van der Waals surface area contributed by atoms with E-state index in [-0.39, 0.29) is 0 Å². The topological polar surface area (TPSA) is 9.23 Å². The summed E-state index contributed by atoms with van der Waals surface area (Å²) in [6.45, 7) is 0.292. The third-order valence-corrected chi connectivity index (χ3v) is 1.36. The Bertz CT molecular complexity index is 210. The molecule has 0 fully saturated rings. The van der Waals surface area contributed by atoms with Crippen LogP contribution in [0.1, 0.15) is 5.56 Å². The van der Waals surface area contributed by atoms with Gasteiger partial charge in [-0.15, -0.1) is 0 Å². The minimum atomic E-state index is 0.292. The lowest BCUT2D eigenvalue weighted by Gasteiger charge is -1.97. The lowest BCUT2D eigenvalue weighted by atomic mass is 10.2. The lowest BCUT2D eigenvalue weighted by molar-refractivity contribution is 0.229. The number of ether oxygens (including phenoxy) is 1. The Kier molecular flexibility index (Phi) is 2.72. The average molecular weight is 154 g/mol. The van der Waals surface area contributed by atoms with Gasteiger partial charge in [-0.1, -0.05) is 23.7 Å². The van der Waals surface area contributed by atoms with E-state index >= 15 is 0 Å². The standard InChI is InChI=1S/C8H6ClO/c1-10-6-7-3-2-4-8(9)5-7/h2-5H,6H2. The van der Waals surface area contributed by atoms with Crippen LogP contribution in [0.4, 0.5) is 0 Å². The van der Waals surface area contributed by atoms with Crippen molar-refractivity contribution >= 4 is 11.6 Å². The molecule has 1 nitrogen and oxygen atoms in total. The highest BCUT2D eigenvalue weighted by molar-refractivity contribution is 6.30. The van der Waals surface area contributed by atoms with Crippen molar-refractivity contribution in [3.8, 4) is 0 Å². The van der Waals surface area contributed by atoms with Gasteiger partial charge in [0.15, 0.2) is 7.11 Å². The first kappa shape index (κ1) is 7.58. The van der Waals surface area contributed by atoms with Gasteiger partial charge in [0.2, 0.25) is 0 Å². The summed E-state index contributed by atoms with van der Waals surface area (Å²) in [5.41, 5.74) is 0.919. The molecule has 10 heavy (non-hydrogen) atoms. The van der Waals surface area contributed by atoms with E-state index in [4.69, 9.17) is 18.7 Å². The molecular formula is C8H6ClO. The number of halogens is 1. The van der Waals surface area contributed by atoms with Crippen LogP contribution in [0.15, 0.2) is 24.3 Å². The molecule has 0 atom stereocenters. The highest BCUT2D eigenvalue weighted by atomic mass is 35.5. The van der Waals surface area contributed by atoms with Crippen LogP contribution in [0.5, 0.6) is 0 Å². The minimum absolute atomic E-state index is 0.292. The summed E-state index contributed by atoms with van der Waals surface area (Å²) >= 11 is 5.66. The van der Waals surface area contributed by atoms with Gasteiger partial charge in [0.05, 0.1) is 6.61 Å². The molecule has 0 N–H and O–H groups in total. The van der Waals surface area contributed by atoms with Crippen molar-refractivity contribution in [1.29, 1.82) is 0 Å². The van der Waals surface area contributed by atoms with Crippen molar-refractivity contribution in [2.75, 3.05) is 0 Å². The Balaban J connectivity index is 2.75. The van der Waals surface area contributed by atoms with Crippen molar-refractivity contribution in [2.24, 2.45) is 0 Å². The molecule has 2 heteroatoms. The van der Waals surface area contributed by atoms with Gasteiger partial charge in [0.1, 0.15) is 0 Å². The number of benzene rings is 1. The summed E-state index contributed by atoms with van der Waals surface area (Å²) in [4.78, 5) is 0. The molecule has 1 aromatic rings. The third-order valence-electron chi connectivity index (χ3n) is 1.13. The molecule has 0 unspecified atom stereocenters. The second-order valence-electron chi connectivity index (χ2n) is 1.92. The van der Waals surface area contributed by atoms with Gasteiger partial charge in [-0.3, -0.25) is 0 Å². The Morgan fingerprint density at radius 3 is 2.90 bits per heavy atom. The molecule has 3 radical (unpaired) electrons. The van der Waals surface area contributed by atoms with Gasteiger partial charge in [-0.2, -0.15) is 0 Å². The van der Waals surface area contributed by atoms with Crippen LogP contribution >= 0.6 is 11.6 Å². The molecule has 0 spiro atoms. The fourth-order valence-corrected chi connectivity index (χ4v) is 0.923.